The highest BCUT2D eigenvalue weighted by atomic mass is 16.5. The van der Waals surface area contributed by atoms with E-state index in [1.165, 1.54) is 205 Å². The Morgan fingerprint density at radius 3 is 0.829 bits per heavy atom. The van der Waals surface area contributed by atoms with Gasteiger partial charge < -0.3 is 4.74 Å². The minimum atomic E-state index is 0.430. The Kier molecular flexibility index (Phi) is 36.1. The van der Waals surface area contributed by atoms with Gasteiger partial charge in [0.1, 0.15) is 0 Å². The Hall–Kier alpha value is -0.0400. The summed E-state index contributed by atoms with van der Waals surface area (Å²) >= 11 is 0. The lowest BCUT2D eigenvalue weighted by atomic mass is 9.94. The van der Waals surface area contributed by atoms with Crippen molar-refractivity contribution in [2.45, 2.75) is 246 Å². The molecule has 0 saturated heterocycles. The van der Waals surface area contributed by atoms with E-state index in [0.29, 0.717) is 6.10 Å². The summed E-state index contributed by atoms with van der Waals surface area (Å²) < 4.78 is 6.20. The smallest absolute Gasteiger partial charge is 0.0544 e. The van der Waals surface area contributed by atoms with E-state index < -0.39 is 0 Å². The van der Waals surface area contributed by atoms with Gasteiger partial charge in [0.25, 0.3) is 0 Å². The Bertz CT molecular complexity index is 446. The molecule has 2 unspecified atom stereocenters. The van der Waals surface area contributed by atoms with E-state index in [1.807, 2.05) is 0 Å². The highest BCUT2D eigenvalue weighted by molar-refractivity contribution is 4.62. The molecule has 0 amide bonds. The molecule has 0 rings (SSSR count). The molecule has 0 heterocycles. The Morgan fingerprint density at radius 2 is 0.585 bits per heavy atom. The lowest BCUT2D eigenvalue weighted by Gasteiger charge is -2.20. The van der Waals surface area contributed by atoms with Gasteiger partial charge in [0.15, 0.2) is 0 Å². The summed E-state index contributed by atoms with van der Waals surface area (Å²) in [6.07, 6.45) is 48.0. The van der Waals surface area contributed by atoms with Crippen LogP contribution >= 0.6 is 0 Å². The normalized spacial score (nSPS) is 13.2. The second-order valence-electron chi connectivity index (χ2n) is 13.9. The van der Waals surface area contributed by atoms with Crippen molar-refractivity contribution >= 4 is 0 Å². The fourth-order valence-corrected chi connectivity index (χ4v) is 6.34. The molecule has 1 nitrogen and oxygen atoms in total. The fourth-order valence-electron chi connectivity index (χ4n) is 6.34. The number of hydrogen-bond donors (Lipinski definition) is 0. The zero-order valence-corrected chi connectivity index (χ0v) is 29.6. The molecule has 248 valence electrons. The zero-order valence-electron chi connectivity index (χ0n) is 29.6. The second-order valence-corrected chi connectivity index (χ2v) is 13.9. The van der Waals surface area contributed by atoms with E-state index in [0.717, 1.165) is 18.9 Å². The van der Waals surface area contributed by atoms with Gasteiger partial charge in [-0.3, -0.25) is 0 Å². The molecule has 0 aliphatic rings. The molecule has 2 atom stereocenters. The third kappa shape index (κ3) is 34.3. The standard InChI is InChI=1S/C40H82O/c1-5-8-10-12-14-16-18-20-22-23-25-27-29-31-33-35-37-40(38-41-39(4)7-3)36-34-32-30-28-26-24-21-19-17-15-13-11-9-6-2/h39-40H,5-38H2,1-4H3. The van der Waals surface area contributed by atoms with E-state index in [4.69, 9.17) is 4.74 Å². The van der Waals surface area contributed by atoms with Crippen molar-refractivity contribution in [1.82, 2.24) is 0 Å². The molecular weight excluding hydrogens is 496 g/mol. The molecule has 0 spiro atoms. The van der Waals surface area contributed by atoms with Crippen LogP contribution in [0.5, 0.6) is 0 Å². The molecule has 41 heavy (non-hydrogen) atoms. The molecule has 0 N–H and O–H groups in total. The molecule has 0 aromatic rings. The van der Waals surface area contributed by atoms with Crippen LogP contribution in [0.4, 0.5) is 0 Å². The van der Waals surface area contributed by atoms with Gasteiger partial charge in [0.05, 0.1) is 6.10 Å². The molecule has 0 radical (unpaired) electrons. The van der Waals surface area contributed by atoms with E-state index in [9.17, 15) is 0 Å². The third-order valence-electron chi connectivity index (χ3n) is 9.62. The first-order valence-corrected chi connectivity index (χ1v) is 19.9. The number of unbranched alkanes of at least 4 members (excludes halogenated alkanes) is 28. The van der Waals surface area contributed by atoms with Crippen LogP contribution in [0.25, 0.3) is 0 Å². The largest absolute Gasteiger partial charge is 0.378 e. The van der Waals surface area contributed by atoms with Crippen LogP contribution < -0.4 is 0 Å². The molecule has 0 aliphatic heterocycles. The van der Waals surface area contributed by atoms with Crippen LogP contribution in [0.3, 0.4) is 0 Å². The van der Waals surface area contributed by atoms with E-state index >= 15 is 0 Å². The molecule has 0 aromatic carbocycles. The molecule has 0 bridgehead atoms. The van der Waals surface area contributed by atoms with Gasteiger partial charge in [0, 0.05) is 6.61 Å². The monoisotopic (exact) mass is 579 g/mol. The first kappa shape index (κ1) is 41.0. The van der Waals surface area contributed by atoms with Crippen molar-refractivity contribution in [2.24, 2.45) is 5.92 Å². The first-order chi connectivity index (χ1) is 20.2. The van der Waals surface area contributed by atoms with E-state index in [2.05, 4.69) is 27.7 Å². The van der Waals surface area contributed by atoms with Gasteiger partial charge in [-0.25, -0.2) is 0 Å². The summed E-state index contributed by atoms with van der Waals surface area (Å²) in [5.74, 6) is 0.799. The van der Waals surface area contributed by atoms with Crippen LogP contribution in [0.15, 0.2) is 0 Å². The molecule has 0 aromatic heterocycles. The van der Waals surface area contributed by atoms with Crippen molar-refractivity contribution in [3.8, 4) is 0 Å². The topological polar surface area (TPSA) is 9.23 Å². The van der Waals surface area contributed by atoms with Gasteiger partial charge >= 0.3 is 0 Å². The van der Waals surface area contributed by atoms with Crippen molar-refractivity contribution in [3.05, 3.63) is 0 Å². The predicted octanol–water partition coefficient (Wildman–Crippen LogP) is 14.9. The number of rotatable bonds is 36. The van der Waals surface area contributed by atoms with Crippen LogP contribution in [0.1, 0.15) is 240 Å². The highest BCUT2D eigenvalue weighted by Crippen LogP contribution is 2.21. The molecule has 1 heteroatoms. The zero-order chi connectivity index (χ0) is 29.9. The summed E-state index contributed by atoms with van der Waals surface area (Å²) in [4.78, 5) is 0. The SMILES string of the molecule is CCCCCCCCCCCCCCCCCCC(CCCCCCCCCCCCCCCC)COC(C)CC. The van der Waals surface area contributed by atoms with Crippen molar-refractivity contribution < 1.29 is 4.74 Å². The summed E-state index contributed by atoms with van der Waals surface area (Å²) in [5, 5.41) is 0. The number of hydrogen-bond acceptors (Lipinski definition) is 1. The number of ether oxygens (including phenoxy) is 1. The van der Waals surface area contributed by atoms with Gasteiger partial charge in [-0.05, 0) is 32.1 Å². The van der Waals surface area contributed by atoms with Gasteiger partial charge in [-0.2, -0.15) is 0 Å². The molecular formula is C40H82O. The first-order valence-electron chi connectivity index (χ1n) is 19.9. The van der Waals surface area contributed by atoms with Crippen molar-refractivity contribution in [2.75, 3.05) is 6.61 Å². The fraction of sp³-hybridized carbons (Fsp3) is 1.00. The highest BCUT2D eigenvalue weighted by Gasteiger charge is 2.11. The van der Waals surface area contributed by atoms with Crippen LogP contribution in [-0.4, -0.2) is 12.7 Å². The third-order valence-corrected chi connectivity index (χ3v) is 9.62. The maximum atomic E-state index is 6.20. The minimum Gasteiger partial charge on any atom is -0.378 e. The van der Waals surface area contributed by atoms with E-state index in [1.54, 1.807) is 0 Å². The van der Waals surface area contributed by atoms with Crippen LogP contribution in [0.2, 0.25) is 0 Å². The quantitative estimate of drug-likeness (QED) is 0.0672. The Labute approximate surface area is 262 Å². The van der Waals surface area contributed by atoms with Gasteiger partial charge in [-0.1, -0.05) is 213 Å². The van der Waals surface area contributed by atoms with Crippen molar-refractivity contribution in [1.29, 1.82) is 0 Å². The van der Waals surface area contributed by atoms with Crippen molar-refractivity contribution in [3.63, 3.8) is 0 Å². The Morgan fingerprint density at radius 1 is 0.341 bits per heavy atom. The summed E-state index contributed by atoms with van der Waals surface area (Å²) in [6, 6.07) is 0. The Balaban J connectivity index is 3.64. The second kappa shape index (κ2) is 36.2. The predicted molar refractivity (Wildman–Crippen MR) is 188 cm³/mol. The minimum absolute atomic E-state index is 0.430. The molecule has 0 fully saturated rings. The summed E-state index contributed by atoms with van der Waals surface area (Å²) in [6.45, 7) is 10.1. The van der Waals surface area contributed by atoms with Gasteiger partial charge in [-0.15, -0.1) is 0 Å². The maximum absolute atomic E-state index is 6.20. The summed E-state index contributed by atoms with van der Waals surface area (Å²) in [7, 11) is 0. The molecule has 0 saturated carbocycles. The molecule has 0 aliphatic carbocycles. The maximum Gasteiger partial charge on any atom is 0.0544 e. The average Bonchev–Trinajstić information content (AvgIpc) is 2.99. The van der Waals surface area contributed by atoms with E-state index in [-0.39, 0.29) is 0 Å². The lowest BCUT2D eigenvalue weighted by molar-refractivity contribution is 0.0328. The lowest BCUT2D eigenvalue weighted by Crippen LogP contribution is -2.15. The average molecular weight is 579 g/mol. The summed E-state index contributed by atoms with van der Waals surface area (Å²) in [5.41, 5.74) is 0. The van der Waals surface area contributed by atoms with Gasteiger partial charge in [0.2, 0.25) is 0 Å². The van der Waals surface area contributed by atoms with Crippen LogP contribution in [0, 0.1) is 5.92 Å². The van der Waals surface area contributed by atoms with Crippen LogP contribution in [-0.2, 0) is 4.74 Å².